The monoisotopic (exact) mass is 357 g/mol. The Hall–Kier alpha value is -0.980. The number of hydrogen-bond acceptors (Lipinski definition) is 5. The molecule has 0 aliphatic carbocycles. The lowest BCUT2D eigenvalue weighted by Crippen LogP contribution is -2.81. The molecule has 1 atom stereocenters. The van der Waals surface area contributed by atoms with Gasteiger partial charge in [-0.25, -0.2) is 0 Å². The van der Waals surface area contributed by atoms with Crippen molar-refractivity contribution in [1.82, 2.24) is 14.7 Å². The summed E-state index contributed by atoms with van der Waals surface area (Å²) in [6.45, 7) is 10.6. The zero-order valence-electron chi connectivity index (χ0n) is 15.7. The number of likely N-dealkylation sites (tertiary alicyclic amines) is 1. The normalized spacial score (nSPS) is 30.8. The summed E-state index contributed by atoms with van der Waals surface area (Å²) in [4.78, 5) is 8.20. The summed E-state index contributed by atoms with van der Waals surface area (Å²) in [6, 6.07) is 12.2. The maximum absolute atomic E-state index is 5.84. The fourth-order valence-corrected chi connectivity index (χ4v) is 5.56. The maximum atomic E-state index is 5.84. The molecule has 26 heavy (non-hydrogen) atoms. The van der Waals surface area contributed by atoms with Crippen molar-refractivity contribution in [3.05, 3.63) is 35.9 Å². The van der Waals surface area contributed by atoms with Crippen LogP contribution in [0.1, 0.15) is 18.4 Å². The van der Waals surface area contributed by atoms with Gasteiger partial charge in [0.25, 0.3) is 0 Å². The molecule has 4 saturated heterocycles. The molecular weight excluding hydrogens is 326 g/mol. The molecule has 4 fully saturated rings. The van der Waals surface area contributed by atoms with Crippen molar-refractivity contribution in [2.24, 2.45) is 0 Å². The van der Waals surface area contributed by atoms with Crippen LogP contribution < -0.4 is 0 Å². The van der Waals surface area contributed by atoms with E-state index in [-0.39, 0.29) is 0 Å². The van der Waals surface area contributed by atoms with Crippen LogP contribution in [0.3, 0.4) is 0 Å². The van der Waals surface area contributed by atoms with Crippen LogP contribution in [0.15, 0.2) is 30.3 Å². The van der Waals surface area contributed by atoms with Gasteiger partial charge in [0.2, 0.25) is 0 Å². The van der Waals surface area contributed by atoms with Crippen molar-refractivity contribution in [3.8, 4) is 0 Å². The Morgan fingerprint density at radius 3 is 2.54 bits per heavy atom. The predicted octanol–water partition coefficient (Wildman–Crippen LogP) is 1.44. The van der Waals surface area contributed by atoms with Crippen LogP contribution in [-0.2, 0) is 16.0 Å². The minimum atomic E-state index is 0.333. The molecule has 0 amide bonds. The van der Waals surface area contributed by atoms with Crippen LogP contribution in [0.5, 0.6) is 0 Å². The first-order chi connectivity index (χ1) is 12.8. The third-order valence-corrected chi connectivity index (χ3v) is 6.77. The van der Waals surface area contributed by atoms with Crippen molar-refractivity contribution in [3.63, 3.8) is 0 Å². The van der Waals surface area contributed by atoms with Crippen LogP contribution in [0, 0.1) is 0 Å². The summed E-state index contributed by atoms with van der Waals surface area (Å²) in [5, 5.41) is 0. The van der Waals surface area contributed by atoms with E-state index in [1.165, 1.54) is 38.0 Å². The van der Waals surface area contributed by atoms with E-state index in [9.17, 15) is 0 Å². The number of morpholine rings is 1. The molecule has 0 aromatic heterocycles. The largest absolute Gasteiger partial charge is 0.381 e. The average Bonchev–Trinajstić information content (AvgIpc) is 2.67. The van der Waals surface area contributed by atoms with Crippen molar-refractivity contribution in [2.45, 2.75) is 37.0 Å². The molecule has 1 unspecified atom stereocenters. The van der Waals surface area contributed by atoms with Gasteiger partial charge in [-0.3, -0.25) is 14.7 Å². The fraction of sp³-hybridized carbons (Fsp3) is 0.714. The second-order valence-electron chi connectivity index (χ2n) is 8.55. The van der Waals surface area contributed by atoms with Crippen molar-refractivity contribution in [2.75, 3.05) is 59.2 Å². The number of nitrogens with zero attached hydrogens (tertiary/aromatic N) is 3. The van der Waals surface area contributed by atoms with E-state index in [0.717, 1.165) is 52.1 Å². The molecule has 4 aliphatic rings. The van der Waals surface area contributed by atoms with E-state index in [1.54, 1.807) is 0 Å². The van der Waals surface area contributed by atoms with E-state index in [0.29, 0.717) is 11.6 Å². The van der Waals surface area contributed by atoms with E-state index in [1.807, 2.05) is 0 Å². The molecular formula is C21H31N3O2. The highest BCUT2D eigenvalue weighted by atomic mass is 16.5. The van der Waals surface area contributed by atoms with Gasteiger partial charge in [-0.15, -0.1) is 0 Å². The third-order valence-electron chi connectivity index (χ3n) is 6.77. The first-order valence-corrected chi connectivity index (χ1v) is 10.2. The third kappa shape index (κ3) is 3.20. The molecule has 0 bridgehead atoms. The van der Waals surface area contributed by atoms with Crippen LogP contribution in [0.2, 0.25) is 0 Å². The van der Waals surface area contributed by atoms with Gasteiger partial charge in [0.15, 0.2) is 0 Å². The van der Waals surface area contributed by atoms with Crippen LogP contribution in [0.4, 0.5) is 0 Å². The minimum Gasteiger partial charge on any atom is -0.381 e. The predicted molar refractivity (Wildman–Crippen MR) is 101 cm³/mol. The molecule has 1 aromatic carbocycles. The second-order valence-corrected chi connectivity index (χ2v) is 8.55. The van der Waals surface area contributed by atoms with Crippen LogP contribution in [0.25, 0.3) is 0 Å². The van der Waals surface area contributed by atoms with E-state index in [2.05, 4.69) is 45.0 Å². The first kappa shape index (κ1) is 17.1. The first-order valence-electron chi connectivity index (χ1n) is 10.2. The Labute approximate surface area is 156 Å². The number of ether oxygens (including phenoxy) is 2. The SMILES string of the molecule is c1ccc(CN2CC3COCCN3C3(C2)CN(C2CCOCC2)C3)cc1. The molecule has 1 spiro atoms. The molecule has 0 N–H and O–H groups in total. The number of fused-ring (bicyclic) bond motifs is 2. The maximum Gasteiger partial charge on any atom is 0.0635 e. The van der Waals surface area contributed by atoms with Gasteiger partial charge in [0.05, 0.1) is 18.8 Å². The Morgan fingerprint density at radius 1 is 0.923 bits per heavy atom. The second kappa shape index (κ2) is 7.21. The summed E-state index contributed by atoms with van der Waals surface area (Å²) in [6.07, 6.45) is 2.41. The van der Waals surface area contributed by atoms with Crippen LogP contribution >= 0.6 is 0 Å². The van der Waals surface area contributed by atoms with Crippen LogP contribution in [-0.4, -0.2) is 91.5 Å². The standard InChI is InChI=1S/C21H31N3O2/c1-2-4-18(5-3-1)12-22-13-20-14-26-11-8-24(20)21(15-22)16-23(17-21)19-6-9-25-10-7-19/h1-5,19-20H,6-17H2. The van der Waals surface area contributed by atoms with Gasteiger partial charge < -0.3 is 9.47 Å². The average molecular weight is 357 g/mol. The summed E-state index contributed by atoms with van der Waals surface area (Å²) >= 11 is 0. The van der Waals surface area contributed by atoms with Gasteiger partial charge in [0.1, 0.15) is 0 Å². The summed E-state index contributed by atoms with van der Waals surface area (Å²) in [5.41, 5.74) is 1.76. The zero-order valence-corrected chi connectivity index (χ0v) is 15.7. The lowest BCUT2D eigenvalue weighted by atomic mass is 9.80. The van der Waals surface area contributed by atoms with Crippen molar-refractivity contribution in [1.29, 1.82) is 0 Å². The van der Waals surface area contributed by atoms with Gasteiger partial charge >= 0.3 is 0 Å². The quantitative estimate of drug-likeness (QED) is 0.816. The molecule has 0 radical (unpaired) electrons. The topological polar surface area (TPSA) is 28.2 Å². The lowest BCUT2D eigenvalue weighted by Gasteiger charge is -2.65. The van der Waals surface area contributed by atoms with Gasteiger partial charge in [-0.05, 0) is 18.4 Å². The molecule has 5 rings (SSSR count). The Balaban J connectivity index is 1.30. The van der Waals surface area contributed by atoms with Crippen molar-refractivity contribution >= 4 is 0 Å². The molecule has 142 valence electrons. The molecule has 0 saturated carbocycles. The van der Waals surface area contributed by atoms with Gasteiger partial charge in [-0.1, -0.05) is 30.3 Å². The summed E-state index contributed by atoms with van der Waals surface area (Å²) in [7, 11) is 0. The smallest absolute Gasteiger partial charge is 0.0635 e. The molecule has 5 nitrogen and oxygen atoms in total. The molecule has 4 heterocycles. The lowest BCUT2D eigenvalue weighted by molar-refractivity contribution is -0.179. The number of hydrogen-bond donors (Lipinski definition) is 0. The number of rotatable bonds is 3. The Morgan fingerprint density at radius 2 is 1.73 bits per heavy atom. The van der Waals surface area contributed by atoms with E-state index < -0.39 is 0 Å². The Kier molecular flexibility index (Phi) is 4.75. The molecule has 4 aliphatic heterocycles. The summed E-state index contributed by atoms with van der Waals surface area (Å²) in [5.74, 6) is 0. The Bertz CT molecular complexity index is 599. The number of piperazine rings is 1. The minimum absolute atomic E-state index is 0.333. The summed E-state index contributed by atoms with van der Waals surface area (Å²) < 4.78 is 11.4. The highest BCUT2D eigenvalue weighted by Crippen LogP contribution is 2.38. The highest BCUT2D eigenvalue weighted by molar-refractivity contribution is 5.17. The van der Waals surface area contributed by atoms with Crippen molar-refractivity contribution < 1.29 is 9.47 Å². The van der Waals surface area contributed by atoms with Gasteiger partial charge in [-0.2, -0.15) is 0 Å². The zero-order chi connectivity index (χ0) is 17.4. The van der Waals surface area contributed by atoms with E-state index >= 15 is 0 Å². The molecule has 1 aromatic rings. The van der Waals surface area contributed by atoms with Gasteiger partial charge in [0, 0.05) is 64.6 Å². The number of benzene rings is 1. The molecule has 5 heteroatoms. The van der Waals surface area contributed by atoms with E-state index in [4.69, 9.17) is 9.47 Å². The fourth-order valence-electron chi connectivity index (χ4n) is 5.56. The highest BCUT2D eigenvalue weighted by Gasteiger charge is 2.55.